The van der Waals surface area contributed by atoms with Gasteiger partial charge in [-0.15, -0.1) is 10.2 Å². The van der Waals surface area contributed by atoms with Gasteiger partial charge in [-0.1, -0.05) is 0 Å². The first-order valence-electron chi connectivity index (χ1n) is 11.3. The Hall–Kier alpha value is -4.33. The van der Waals surface area contributed by atoms with E-state index < -0.39 is 18.2 Å². The predicted molar refractivity (Wildman–Crippen MR) is 122 cm³/mol. The summed E-state index contributed by atoms with van der Waals surface area (Å²) in [6.07, 6.45) is 2.73. The monoisotopic (exact) mass is 475 g/mol. The number of alkyl halides is 1. The highest BCUT2D eigenvalue weighted by Gasteiger charge is 2.34. The van der Waals surface area contributed by atoms with Crippen molar-refractivity contribution in [3.8, 4) is 23.1 Å². The molecule has 11 heteroatoms. The standard InChI is InChI=1S/C24H22FN7O3/c25-18-12-32(24(34)22-28-13-29-31-22)8-6-21(18)35-20-4-3-15(9-16(20)11-26)19-10-17(5-7-27-19)30-23(33)14-1-2-14/h3-5,7,9-10,13-14,18,21H,1-2,6,8,12H2,(H,27,30,33)(H,28,29,31)/t18-,21+/m1/s1. The second kappa shape index (κ2) is 9.50. The van der Waals surface area contributed by atoms with Gasteiger partial charge in [0.05, 0.1) is 17.8 Å². The molecule has 1 aliphatic carbocycles. The molecule has 5 rings (SSSR count). The number of nitriles is 1. The van der Waals surface area contributed by atoms with Crippen LogP contribution in [0.1, 0.15) is 35.4 Å². The van der Waals surface area contributed by atoms with Crippen LogP contribution in [0.4, 0.5) is 10.1 Å². The number of pyridine rings is 1. The number of anilines is 1. The van der Waals surface area contributed by atoms with E-state index in [0.29, 0.717) is 16.9 Å². The molecule has 3 aromatic rings. The number of aromatic nitrogens is 4. The Morgan fingerprint density at radius 3 is 2.80 bits per heavy atom. The molecule has 178 valence electrons. The molecule has 2 aromatic heterocycles. The maximum absolute atomic E-state index is 14.9. The molecule has 0 bridgehead atoms. The number of rotatable bonds is 6. The van der Waals surface area contributed by atoms with Crippen molar-refractivity contribution in [2.24, 2.45) is 5.92 Å². The smallest absolute Gasteiger partial charge is 0.291 e. The van der Waals surface area contributed by atoms with Crippen molar-refractivity contribution in [1.29, 1.82) is 5.26 Å². The van der Waals surface area contributed by atoms with Crippen LogP contribution >= 0.6 is 0 Å². The molecule has 1 saturated heterocycles. The molecular formula is C24H22FN7O3. The molecule has 35 heavy (non-hydrogen) atoms. The van der Waals surface area contributed by atoms with E-state index in [-0.39, 0.29) is 48.5 Å². The summed E-state index contributed by atoms with van der Waals surface area (Å²) in [6.45, 7) is 0.140. The molecule has 2 fully saturated rings. The number of nitrogens with one attached hydrogen (secondary N) is 2. The molecule has 1 aromatic carbocycles. The fourth-order valence-electron chi connectivity index (χ4n) is 3.96. The van der Waals surface area contributed by atoms with Crippen molar-refractivity contribution in [2.75, 3.05) is 18.4 Å². The maximum Gasteiger partial charge on any atom is 0.291 e. The average Bonchev–Trinajstić information content (AvgIpc) is 3.59. The number of hydrogen-bond acceptors (Lipinski definition) is 7. The first kappa shape index (κ1) is 22.5. The third-order valence-electron chi connectivity index (χ3n) is 6.04. The molecule has 0 spiro atoms. The van der Waals surface area contributed by atoms with E-state index >= 15 is 0 Å². The van der Waals surface area contributed by atoms with Crippen molar-refractivity contribution in [1.82, 2.24) is 25.1 Å². The summed E-state index contributed by atoms with van der Waals surface area (Å²) in [5, 5.41) is 19.8. The molecule has 2 aliphatic rings. The normalized spacial score (nSPS) is 19.6. The Labute approximate surface area is 200 Å². The van der Waals surface area contributed by atoms with Gasteiger partial charge in [-0.25, -0.2) is 4.39 Å². The second-order valence-electron chi connectivity index (χ2n) is 8.57. The lowest BCUT2D eigenvalue weighted by molar-refractivity contribution is -0.117. The molecular weight excluding hydrogens is 453 g/mol. The van der Waals surface area contributed by atoms with Crippen molar-refractivity contribution in [2.45, 2.75) is 31.5 Å². The van der Waals surface area contributed by atoms with Crippen LogP contribution < -0.4 is 10.1 Å². The van der Waals surface area contributed by atoms with Crippen molar-refractivity contribution < 1.29 is 18.7 Å². The SMILES string of the molecule is N#Cc1cc(-c2cc(NC(=O)C3CC3)ccn2)ccc1O[C@H]1CCN(C(=O)c2nnc[nH]2)C[C@H]1F. The fraction of sp³-hybridized carbons (Fsp3) is 0.333. The molecule has 0 unspecified atom stereocenters. The van der Waals surface area contributed by atoms with E-state index in [0.717, 1.165) is 12.8 Å². The van der Waals surface area contributed by atoms with E-state index in [4.69, 9.17) is 4.74 Å². The zero-order chi connectivity index (χ0) is 24.4. The van der Waals surface area contributed by atoms with Gasteiger partial charge in [-0.05, 0) is 43.2 Å². The number of halogens is 1. The zero-order valence-electron chi connectivity index (χ0n) is 18.6. The van der Waals surface area contributed by atoms with E-state index in [2.05, 4.69) is 31.6 Å². The van der Waals surface area contributed by atoms with Gasteiger partial charge in [0.15, 0.2) is 6.17 Å². The molecule has 1 saturated carbocycles. The van der Waals surface area contributed by atoms with Crippen LogP contribution in [0.15, 0.2) is 42.9 Å². The number of H-pyrrole nitrogens is 1. The Morgan fingerprint density at radius 1 is 1.23 bits per heavy atom. The average molecular weight is 475 g/mol. The van der Waals surface area contributed by atoms with E-state index in [1.807, 2.05) is 0 Å². The molecule has 2 amide bonds. The van der Waals surface area contributed by atoms with Crippen LogP contribution in [0.3, 0.4) is 0 Å². The van der Waals surface area contributed by atoms with Crippen LogP contribution in [0.25, 0.3) is 11.3 Å². The summed E-state index contributed by atoms with van der Waals surface area (Å²) < 4.78 is 20.7. The van der Waals surface area contributed by atoms with Gasteiger partial charge < -0.3 is 19.9 Å². The van der Waals surface area contributed by atoms with Crippen LogP contribution in [-0.2, 0) is 4.79 Å². The molecule has 10 nitrogen and oxygen atoms in total. The highest BCUT2D eigenvalue weighted by molar-refractivity contribution is 5.94. The molecule has 3 heterocycles. The largest absolute Gasteiger partial charge is 0.486 e. The second-order valence-corrected chi connectivity index (χ2v) is 8.57. The highest BCUT2D eigenvalue weighted by Crippen LogP contribution is 2.32. The number of hydrogen-bond donors (Lipinski definition) is 2. The van der Waals surface area contributed by atoms with E-state index in [1.54, 1.807) is 36.5 Å². The van der Waals surface area contributed by atoms with Gasteiger partial charge in [0.25, 0.3) is 5.91 Å². The summed E-state index contributed by atoms with van der Waals surface area (Å²) in [7, 11) is 0. The first-order valence-corrected chi connectivity index (χ1v) is 11.3. The van der Waals surface area contributed by atoms with Gasteiger partial charge in [0.2, 0.25) is 11.7 Å². The minimum atomic E-state index is -1.43. The van der Waals surface area contributed by atoms with Crippen molar-refractivity contribution in [3.63, 3.8) is 0 Å². The van der Waals surface area contributed by atoms with Gasteiger partial charge in [0.1, 0.15) is 24.3 Å². The molecule has 0 radical (unpaired) electrons. The zero-order valence-corrected chi connectivity index (χ0v) is 18.6. The van der Waals surface area contributed by atoms with Crippen LogP contribution in [0.5, 0.6) is 5.75 Å². The number of carbonyl (C=O) groups is 2. The number of benzene rings is 1. The van der Waals surface area contributed by atoms with Crippen molar-refractivity contribution in [3.05, 3.63) is 54.2 Å². The van der Waals surface area contributed by atoms with Crippen LogP contribution in [-0.4, -0.2) is 62.2 Å². The summed E-state index contributed by atoms with van der Waals surface area (Å²) in [4.78, 5) is 32.8. The number of nitrogens with zero attached hydrogens (tertiary/aromatic N) is 5. The van der Waals surface area contributed by atoms with Crippen LogP contribution in [0, 0.1) is 17.2 Å². The quantitative estimate of drug-likeness (QED) is 0.559. The summed E-state index contributed by atoms with van der Waals surface area (Å²) in [5.41, 5.74) is 2.13. The lowest BCUT2D eigenvalue weighted by Crippen LogP contribution is -2.49. The highest BCUT2D eigenvalue weighted by atomic mass is 19.1. The van der Waals surface area contributed by atoms with Gasteiger partial charge in [-0.2, -0.15) is 5.26 Å². The Morgan fingerprint density at radius 2 is 2.09 bits per heavy atom. The van der Waals surface area contributed by atoms with Gasteiger partial charge >= 0.3 is 0 Å². The minimum absolute atomic E-state index is 0.00189. The minimum Gasteiger partial charge on any atom is -0.486 e. The summed E-state index contributed by atoms with van der Waals surface area (Å²) in [5.74, 6) is -0.0211. The molecule has 2 N–H and O–H groups in total. The summed E-state index contributed by atoms with van der Waals surface area (Å²) in [6, 6.07) is 10.5. The number of amides is 2. The topological polar surface area (TPSA) is 137 Å². The Balaban J connectivity index is 1.27. The lowest BCUT2D eigenvalue weighted by Gasteiger charge is -2.34. The van der Waals surface area contributed by atoms with E-state index in [9.17, 15) is 19.2 Å². The Kier molecular flexibility index (Phi) is 6.10. The van der Waals surface area contributed by atoms with Gasteiger partial charge in [0, 0.05) is 36.3 Å². The fourth-order valence-corrected chi connectivity index (χ4v) is 3.96. The third kappa shape index (κ3) is 4.96. The van der Waals surface area contributed by atoms with Crippen LogP contribution in [0.2, 0.25) is 0 Å². The number of carbonyl (C=O) groups excluding carboxylic acids is 2. The number of piperidine rings is 1. The number of ether oxygens (including phenoxy) is 1. The maximum atomic E-state index is 14.9. The first-order chi connectivity index (χ1) is 17.0. The number of aromatic amines is 1. The Bertz CT molecular complexity index is 1290. The predicted octanol–water partition coefficient (Wildman–Crippen LogP) is 2.72. The number of likely N-dealkylation sites (tertiary alicyclic amines) is 1. The summed E-state index contributed by atoms with van der Waals surface area (Å²) >= 11 is 0. The lowest BCUT2D eigenvalue weighted by atomic mass is 10.0. The molecule has 1 aliphatic heterocycles. The van der Waals surface area contributed by atoms with E-state index in [1.165, 1.54) is 11.2 Å². The third-order valence-corrected chi connectivity index (χ3v) is 6.04. The van der Waals surface area contributed by atoms with Gasteiger partial charge in [-0.3, -0.25) is 14.6 Å². The van der Waals surface area contributed by atoms with Crippen molar-refractivity contribution >= 4 is 17.5 Å². The molecule has 2 atom stereocenters.